The molecule has 0 saturated heterocycles. The predicted molar refractivity (Wildman–Crippen MR) is 178 cm³/mol. The van der Waals surface area contributed by atoms with E-state index in [0.29, 0.717) is 19.4 Å². The Hall–Kier alpha value is -3.39. The molecule has 0 aliphatic carbocycles. The number of alkyl carbamates (subject to hydrolysis) is 2. The van der Waals surface area contributed by atoms with Gasteiger partial charge >= 0.3 is 12.2 Å². The summed E-state index contributed by atoms with van der Waals surface area (Å²) in [7, 11) is 2.82. The van der Waals surface area contributed by atoms with Gasteiger partial charge in [-0.3, -0.25) is 19.2 Å². The van der Waals surface area contributed by atoms with Crippen molar-refractivity contribution in [3.05, 3.63) is 0 Å². The van der Waals surface area contributed by atoms with Crippen molar-refractivity contribution in [3.63, 3.8) is 0 Å². The van der Waals surface area contributed by atoms with E-state index in [9.17, 15) is 33.9 Å². The first-order valence-corrected chi connectivity index (χ1v) is 16.7. The Morgan fingerprint density at radius 2 is 1.46 bits per heavy atom. The smallest absolute Gasteiger partial charge is 0.407 e. The fourth-order valence-electron chi connectivity index (χ4n) is 3.65. The summed E-state index contributed by atoms with van der Waals surface area (Å²) in [6, 6.07) is -2.27. The molecule has 3 atom stereocenters. The number of aliphatic hydroxyl groups is 1. The van der Waals surface area contributed by atoms with E-state index in [1.54, 1.807) is 0 Å². The van der Waals surface area contributed by atoms with Crippen LogP contribution in [0.5, 0.6) is 0 Å². The van der Waals surface area contributed by atoms with Gasteiger partial charge in [0.05, 0.1) is 50.2 Å². The minimum atomic E-state index is -1.23. The van der Waals surface area contributed by atoms with Crippen molar-refractivity contribution >= 4 is 47.6 Å². The third kappa shape index (κ3) is 22.2. The van der Waals surface area contributed by atoms with Crippen LogP contribution in [0.15, 0.2) is 0 Å². The molecule has 18 nitrogen and oxygen atoms in total. The fraction of sp³-hybridized carbons (Fsp3) is 0.793. The first-order chi connectivity index (χ1) is 22.4. The van der Waals surface area contributed by atoms with Gasteiger partial charge in [0, 0.05) is 45.0 Å². The van der Waals surface area contributed by atoms with Crippen LogP contribution in [-0.2, 0) is 38.1 Å². The topological polar surface area (TPSA) is 272 Å². The van der Waals surface area contributed by atoms with Crippen LogP contribution in [0, 0.1) is 0 Å². The Bertz CT molecular complexity index is 1030. The quantitative estimate of drug-likeness (QED) is 0.0501. The van der Waals surface area contributed by atoms with E-state index in [2.05, 4.69) is 26.6 Å². The molecule has 0 fully saturated rings. The monoisotopic (exact) mass is 709 g/mol. The highest BCUT2D eigenvalue weighted by atomic mass is 32.2. The summed E-state index contributed by atoms with van der Waals surface area (Å²) in [5, 5.41) is 21.8. The lowest BCUT2D eigenvalue weighted by molar-refractivity contribution is -0.130. The molecule has 0 aromatic heterocycles. The summed E-state index contributed by atoms with van der Waals surface area (Å²) < 4.78 is 22.0. The average Bonchev–Trinajstić information content (AvgIpc) is 3.02. The van der Waals surface area contributed by atoms with E-state index >= 15 is 0 Å². The molecule has 0 aliphatic heterocycles. The van der Waals surface area contributed by atoms with Crippen molar-refractivity contribution in [1.29, 1.82) is 0 Å². The second kappa shape index (κ2) is 23.9. The molecule has 0 saturated carbocycles. The van der Waals surface area contributed by atoms with E-state index in [1.165, 1.54) is 25.9 Å². The number of carbonyl (C=O) groups excluding carboxylic acids is 6. The normalized spacial score (nSPS) is 13.3. The van der Waals surface area contributed by atoms with Crippen LogP contribution in [0.2, 0.25) is 0 Å². The van der Waals surface area contributed by atoms with E-state index in [0.717, 1.165) is 0 Å². The minimum absolute atomic E-state index is 0.00200. The molecule has 0 spiro atoms. The largest absolute Gasteiger partial charge is 0.449 e. The van der Waals surface area contributed by atoms with Crippen molar-refractivity contribution < 1.29 is 52.8 Å². The molecular weight excluding hydrogens is 654 g/mol. The molecular formula is C29H55N7O11S. The van der Waals surface area contributed by atoms with Gasteiger partial charge < -0.3 is 62.1 Å². The number of ether oxygens (including phenoxy) is 4. The van der Waals surface area contributed by atoms with E-state index in [4.69, 9.17) is 30.4 Å². The van der Waals surface area contributed by atoms with Gasteiger partial charge in [-0.2, -0.15) is 11.8 Å². The molecule has 0 rings (SSSR count). The number of primary amides is 1. The molecule has 19 heteroatoms. The zero-order valence-corrected chi connectivity index (χ0v) is 29.6. The molecule has 48 heavy (non-hydrogen) atoms. The van der Waals surface area contributed by atoms with Gasteiger partial charge in [-0.1, -0.05) is 0 Å². The number of nitrogens with two attached hydrogens (primary N) is 2. The van der Waals surface area contributed by atoms with Gasteiger partial charge in [-0.15, -0.1) is 0 Å². The van der Waals surface area contributed by atoms with Gasteiger partial charge in [0.25, 0.3) is 0 Å². The van der Waals surface area contributed by atoms with Crippen LogP contribution >= 0.6 is 11.8 Å². The number of rotatable bonds is 25. The zero-order valence-electron chi connectivity index (χ0n) is 28.8. The molecule has 0 aliphatic rings. The standard InChI is InChI=1S/C29H55N7O11S/c1-28(2,9-7-23(39)35-15-22(31)38)45-13-10-29(3,4)46-14-11-34-25(41)21(16-37)36-24(40)20(30)18-48-17-19(47-27(43)33-6)8-12-44-26(42)32-5/h19-21,37H,7-18,30H2,1-6H3,(H2,31,38)(H,32,42)(H,33,43)(H,34,41)(H,35,39)(H,36,40)/t19-,20+,21+/m1/s1. The Balaban J connectivity index is 4.52. The van der Waals surface area contributed by atoms with Gasteiger partial charge in [0.1, 0.15) is 12.1 Å². The first-order valence-electron chi connectivity index (χ1n) is 15.5. The lowest BCUT2D eigenvalue weighted by atomic mass is 10.0. The van der Waals surface area contributed by atoms with Crippen molar-refractivity contribution in [3.8, 4) is 0 Å². The first kappa shape index (κ1) is 44.6. The maximum atomic E-state index is 12.6. The van der Waals surface area contributed by atoms with Crippen molar-refractivity contribution in [1.82, 2.24) is 26.6 Å². The van der Waals surface area contributed by atoms with Crippen molar-refractivity contribution in [2.75, 3.05) is 65.1 Å². The highest BCUT2D eigenvalue weighted by Crippen LogP contribution is 2.20. The molecule has 0 aromatic rings. The predicted octanol–water partition coefficient (Wildman–Crippen LogP) is -1.53. The highest BCUT2D eigenvalue weighted by Gasteiger charge is 2.26. The zero-order chi connectivity index (χ0) is 36.8. The minimum Gasteiger partial charge on any atom is -0.449 e. The number of thioether (sulfide) groups is 1. The summed E-state index contributed by atoms with van der Waals surface area (Å²) in [6.07, 6.45) is -0.565. The maximum absolute atomic E-state index is 12.6. The van der Waals surface area contributed by atoms with Crippen LogP contribution in [0.4, 0.5) is 9.59 Å². The molecule has 0 unspecified atom stereocenters. The Kier molecular flexibility index (Phi) is 22.2. The van der Waals surface area contributed by atoms with Crippen LogP contribution in [-0.4, -0.2) is 135 Å². The number of carbonyl (C=O) groups is 6. The fourth-order valence-corrected chi connectivity index (χ4v) is 4.69. The third-order valence-corrected chi connectivity index (χ3v) is 7.82. The van der Waals surface area contributed by atoms with E-state index < -0.39 is 65.9 Å². The molecule has 0 bridgehead atoms. The SMILES string of the molecule is CNC(=O)OCC[C@H](CSC[C@H](N)C(=O)N[C@@H](CO)C(=O)NCCOC(C)(C)CCOC(C)(C)CCC(=O)NCC(N)=O)OC(=O)NC. The molecule has 278 valence electrons. The van der Waals surface area contributed by atoms with Gasteiger partial charge in [-0.05, 0) is 40.5 Å². The lowest BCUT2D eigenvalue weighted by Gasteiger charge is -2.30. The second-order valence-electron chi connectivity index (χ2n) is 11.8. The highest BCUT2D eigenvalue weighted by molar-refractivity contribution is 7.99. The molecule has 0 radical (unpaired) electrons. The maximum Gasteiger partial charge on any atom is 0.407 e. The Morgan fingerprint density at radius 1 is 0.833 bits per heavy atom. The van der Waals surface area contributed by atoms with Gasteiger partial charge in [0.2, 0.25) is 23.6 Å². The van der Waals surface area contributed by atoms with Crippen molar-refractivity contribution in [2.24, 2.45) is 11.5 Å². The number of amides is 6. The molecule has 10 N–H and O–H groups in total. The average molecular weight is 710 g/mol. The van der Waals surface area contributed by atoms with Crippen LogP contribution in [0.1, 0.15) is 53.4 Å². The number of hydrogen-bond acceptors (Lipinski definition) is 13. The van der Waals surface area contributed by atoms with E-state index in [1.807, 2.05) is 27.7 Å². The number of aliphatic hydroxyl groups excluding tert-OH is 1. The molecule has 0 heterocycles. The van der Waals surface area contributed by atoms with Crippen LogP contribution in [0.3, 0.4) is 0 Å². The summed E-state index contributed by atoms with van der Waals surface area (Å²) >= 11 is 1.22. The van der Waals surface area contributed by atoms with Crippen LogP contribution in [0.25, 0.3) is 0 Å². The molecule has 0 aromatic carbocycles. The van der Waals surface area contributed by atoms with Gasteiger partial charge in [-0.25, -0.2) is 9.59 Å². The lowest BCUT2D eigenvalue weighted by Crippen LogP contribution is -2.54. The number of hydrogen-bond donors (Lipinski definition) is 8. The summed E-state index contributed by atoms with van der Waals surface area (Å²) in [5.74, 6) is -1.81. The van der Waals surface area contributed by atoms with Crippen molar-refractivity contribution in [2.45, 2.75) is 82.8 Å². The second-order valence-corrected chi connectivity index (χ2v) is 12.9. The third-order valence-electron chi connectivity index (χ3n) is 6.61. The van der Waals surface area contributed by atoms with E-state index in [-0.39, 0.29) is 56.6 Å². The van der Waals surface area contributed by atoms with Crippen LogP contribution < -0.4 is 38.1 Å². The summed E-state index contributed by atoms with van der Waals surface area (Å²) in [4.78, 5) is 70.6. The summed E-state index contributed by atoms with van der Waals surface area (Å²) in [5.41, 5.74) is 9.80. The summed E-state index contributed by atoms with van der Waals surface area (Å²) in [6.45, 7) is 7.19. The molecule has 6 amide bonds. The Labute approximate surface area is 286 Å². The Morgan fingerprint density at radius 3 is 2.06 bits per heavy atom. The van der Waals surface area contributed by atoms with Gasteiger partial charge in [0.15, 0.2) is 0 Å². The number of nitrogens with one attached hydrogen (secondary N) is 5.